The lowest BCUT2D eigenvalue weighted by Gasteiger charge is -2.21. The minimum Gasteiger partial charge on any atom is -0.494 e. The molecule has 4 aromatic rings. The van der Waals surface area contributed by atoms with Crippen LogP contribution in [0.4, 0.5) is 17.2 Å². The summed E-state index contributed by atoms with van der Waals surface area (Å²) in [7, 11) is 8.05. The third-order valence-corrected chi connectivity index (χ3v) is 6.22. The molecule has 4 N–H and O–H groups in total. The Morgan fingerprint density at radius 1 is 1.03 bits per heavy atom. The van der Waals surface area contributed by atoms with Gasteiger partial charge in [-0.3, -0.25) is 9.89 Å². The molecule has 0 atom stereocenters. The highest BCUT2D eigenvalue weighted by Crippen LogP contribution is 2.24. The predicted octanol–water partition coefficient (Wildman–Crippen LogP) is 5.06. The molecule has 0 unspecified atom stereocenters. The summed E-state index contributed by atoms with van der Waals surface area (Å²) in [5.74, 6) is 1.81. The highest BCUT2D eigenvalue weighted by atomic mass is 16.5. The van der Waals surface area contributed by atoms with Crippen LogP contribution in [0.3, 0.4) is 0 Å². The molecule has 0 amide bonds. The lowest BCUT2D eigenvalue weighted by molar-refractivity contribution is 0.112. The number of carbonyl (C=O) groups excluding carboxylic acids is 1. The number of carbonyl (C=O) groups is 1. The molecule has 0 aliphatic rings. The molecule has 8 nitrogen and oxygen atoms in total. The fraction of sp³-hybridized carbons (Fsp3) is 0.333. The Kier molecular flexibility index (Phi) is 10.5. The lowest BCUT2D eigenvalue weighted by Crippen LogP contribution is -2.23. The van der Waals surface area contributed by atoms with Gasteiger partial charge in [0.05, 0.1) is 12.1 Å². The maximum Gasteiger partial charge on any atom is 0.155 e. The van der Waals surface area contributed by atoms with E-state index in [0.29, 0.717) is 17.9 Å². The highest BCUT2D eigenvalue weighted by molar-refractivity contribution is 5.90. The minimum atomic E-state index is 0.539. The fourth-order valence-corrected chi connectivity index (χ4v) is 4.17. The van der Waals surface area contributed by atoms with Crippen molar-refractivity contribution in [3.8, 4) is 5.75 Å². The second-order valence-electron chi connectivity index (χ2n) is 9.47. The number of anilines is 3. The van der Waals surface area contributed by atoms with Gasteiger partial charge in [0.25, 0.3) is 0 Å². The van der Waals surface area contributed by atoms with Crippen molar-refractivity contribution in [2.75, 3.05) is 63.8 Å². The number of aromatic nitrogens is 2. The number of ether oxygens (including phenoxy) is 1. The Hall–Kier alpha value is -4.04. The summed E-state index contributed by atoms with van der Waals surface area (Å²) in [6.45, 7) is 4.72. The van der Waals surface area contributed by atoms with Crippen LogP contribution in [0, 0.1) is 0 Å². The molecule has 1 heterocycles. The van der Waals surface area contributed by atoms with Crippen LogP contribution in [0.1, 0.15) is 34.8 Å². The van der Waals surface area contributed by atoms with E-state index >= 15 is 0 Å². The summed E-state index contributed by atoms with van der Waals surface area (Å²) in [5, 5.41) is 11.5. The van der Waals surface area contributed by atoms with Crippen LogP contribution in [0.15, 0.2) is 60.7 Å². The second kappa shape index (κ2) is 14.0. The van der Waals surface area contributed by atoms with Crippen LogP contribution >= 0.6 is 0 Å². The standard InChI is InChI=1S/C17H19N3O.C13H21N3O/c1-3-21-14-6-4-5-12(10-14)9-13-7-8-16-15(11-13)17(18-2)20-19-16;1-15(2)7-4-8-16(3)12-6-5-11(10-17)13(14)9-12/h4-8,10-11H,3,9H2,1-2H3,(H2,18,19,20);5-6,9-10H,4,7-8,14H2,1-3H3. The normalized spacial score (nSPS) is 10.7. The third kappa shape index (κ3) is 7.98. The van der Waals surface area contributed by atoms with Gasteiger partial charge in [0.15, 0.2) is 12.1 Å². The Bertz CT molecular complexity index is 1320. The van der Waals surface area contributed by atoms with E-state index in [1.54, 1.807) is 6.07 Å². The van der Waals surface area contributed by atoms with Crippen molar-refractivity contribution in [3.63, 3.8) is 0 Å². The number of benzene rings is 3. The number of rotatable bonds is 11. The van der Waals surface area contributed by atoms with Crippen LogP contribution < -0.4 is 20.7 Å². The first-order chi connectivity index (χ1) is 18.3. The summed E-state index contributed by atoms with van der Waals surface area (Å²) in [5.41, 5.74) is 11.5. The second-order valence-corrected chi connectivity index (χ2v) is 9.47. The van der Waals surface area contributed by atoms with Crippen molar-refractivity contribution < 1.29 is 9.53 Å². The summed E-state index contributed by atoms with van der Waals surface area (Å²) < 4.78 is 5.55. The number of nitrogens with two attached hydrogens (primary N) is 1. The van der Waals surface area contributed by atoms with Gasteiger partial charge in [0, 0.05) is 43.0 Å². The number of hydrogen-bond donors (Lipinski definition) is 3. The van der Waals surface area contributed by atoms with Crippen LogP contribution in [0.5, 0.6) is 5.75 Å². The van der Waals surface area contributed by atoms with Crippen molar-refractivity contribution in [1.29, 1.82) is 0 Å². The van der Waals surface area contributed by atoms with E-state index in [4.69, 9.17) is 10.5 Å². The number of fused-ring (bicyclic) bond motifs is 1. The van der Waals surface area contributed by atoms with E-state index in [9.17, 15) is 4.79 Å². The first-order valence-electron chi connectivity index (χ1n) is 12.9. The first kappa shape index (κ1) is 28.5. The molecule has 1 aromatic heterocycles. The molecule has 0 saturated heterocycles. The first-order valence-corrected chi connectivity index (χ1v) is 12.9. The number of H-pyrrole nitrogens is 1. The van der Waals surface area contributed by atoms with E-state index in [0.717, 1.165) is 60.4 Å². The topological polar surface area (TPSA) is 99.5 Å². The monoisotopic (exact) mass is 516 g/mol. The van der Waals surface area contributed by atoms with Gasteiger partial charge < -0.3 is 25.6 Å². The Morgan fingerprint density at radius 3 is 2.50 bits per heavy atom. The molecule has 8 heteroatoms. The van der Waals surface area contributed by atoms with Gasteiger partial charge in [-0.2, -0.15) is 5.10 Å². The molecule has 0 aliphatic carbocycles. The Morgan fingerprint density at radius 2 is 1.82 bits per heavy atom. The van der Waals surface area contributed by atoms with Gasteiger partial charge in [0.2, 0.25) is 0 Å². The number of nitrogens with zero attached hydrogens (tertiary/aromatic N) is 3. The molecular formula is C30H40N6O2. The van der Waals surface area contributed by atoms with Crippen molar-refractivity contribution >= 4 is 34.4 Å². The van der Waals surface area contributed by atoms with Gasteiger partial charge in [-0.25, -0.2) is 0 Å². The molecule has 0 aliphatic heterocycles. The predicted molar refractivity (Wildman–Crippen MR) is 159 cm³/mol. The zero-order chi connectivity index (χ0) is 27.5. The van der Waals surface area contributed by atoms with Crippen LogP contribution in [0.2, 0.25) is 0 Å². The van der Waals surface area contributed by atoms with E-state index in [1.165, 1.54) is 11.1 Å². The largest absolute Gasteiger partial charge is 0.494 e. The van der Waals surface area contributed by atoms with Crippen molar-refractivity contribution in [2.45, 2.75) is 19.8 Å². The summed E-state index contributed by atoms with van der Waals surface area (Å²) in [6.07, 6.45) is 2.76. The Balaban J connectivity index is 0.000000216. The molecule has 4 rings (SSSR count). The zero-order valence-electron chi connectivity index (χ0n) is 23.1. The lowest BCUT2D eigenvalue weighted by atomic mass is 10.0. The van der Waals surface area contributed by atoms with Gasteiger partial charge >= 0.3 is 0 Å². The molecule has 3 aromatic carbocycles. The van der Waals surface area contributed by atoms with E-state index in [-0.39, 0.29) is 0 Å². The van der Waals surface area contributed by atoms with Crippen molar-refractivity contribution in [2.24, 2.45) is 0 Å². The number of aromatic amines is 1. The maximum absolute atomic E-state index is 10.7. The highest BCUT2D eigenvalue weighted by Gasteiger charge is 2.06. The molecule has 38 heavy (non-hydrogen) atoms. The maximum atomic E-state index is 10.7. The summed E-state index contributed by atoms with van der Waals surface area (Å²) in [4.78, 5) is 15.0. The summed E-state index contributed by atoms with van der Waals surface area (Å²) >= 11 is 0. The van der Waals surface area contributed by atoms with Gasteiger partial charge in [0.1, 0.15) is 5.75 Å². The molecule has 0 fully saturated rings. The van der Waals surface area contributed by atoms with Gasteiger partial charge in [-0.15, -0.1) is 0 Å². The Labute approximate surface area is 225 Å². The molecular weight excluding hydrogens is 476 g/mol. The average Bonchev–Trinajstić information content (AvgIpc) is 3.31. The minimum absolute atomic E-state index is 0.539. The van der Waals surface area contributed by atoms with E-state index in [2.05, 4.69) is 69.7 Å². The van der Waals surface area contributed by atoms with Crippen LogP contribution in [-0.2, 0) is 6.42 Å². The third-order valence-electron chi connectivity index (χ3n) is 6.22. The molecule has 0 bridgehead atoms. The fourth-order valence-electron chi connectivity index (χ4n) is 4.17. The van der Waals surface area contributed by atoms with Gasteiger partial charge in [-0.1, -0.05) is 18.2 Å². The molecule has 0 spiro atoms. The summed E-state index contributed by atoms with van der Waals surface area (Å²) in [6, 6.07) is 20.2. The SMILES string of the molecule is CCOc1cccc(Cc2ccc3[nH]nc(NC)c3c2)c1.CN(C)CCCN(C)c1ccc(C=O)c(N)c1. The number of nitrogen functional groups attached to an aromatic ring is 1. The van der Waals surface area contributed by atoms with E-state index in [1.807, 2.05) is 45.3 Å². The van der Waals surface area contributed by atoms with E-state index < -0.39 is 0 Å². The average molecular weight is 517 g/mol. The number of aldehydes is 1. The van der Waals surface area contributed by atoms with Crippen molar-refractivity contribution in [3.05, 3.63) is 77.4 Å². The number of hydrogen-bond acceptors (Lipinski definition) is 7. The van der Waals surface area contributed by atoms with Crippen LogP contribution in [-0.4, -0.2) is 69.3 Å². The van der Waals surface area contributed by atoms with Crippen molar-refractivity contribution in [1.82, 2.24) is 15.1 Å². The molecule has 0 saturated carbocycles. The number of nitrogens with one attached hydrogen (secondary N) is 2. The van der Waals surface area contributed by atoms with Crippen LogP contribution in [0.25, 0.3) is 10.9 Å². The zero-order valence-corrected chi connectivity index (χ0v) is 23.1. The smallest absolute Gasteiger partial charge is 0.155 e. The quantitative estimate of drug-likeness (QED) is 0.189. The van der Waals surface area contributed by atoms with Gasteiger partial charge in [-0.05, 0) is 94.0 Å². The molecule has 202 valence electrons. The molecule has 0 radical (unpaired) electrons.